The Kier molecular flexibility index (Phi) is 8.06. The first kappa shape index (κ1) is 23.5. The smallest absolute Gasteiger partial charge is 0.259 e. The second-order valence-corrected chi connectivity index (χ2v) is 7.92. The molecule has 0 unspecified atom stereocenters. The summed E-state index contributed by atoms with van der Waals surface area (Å²) in [6, 6.07) is 15.0. The van der Waals surface area contributed by atoms with Crippen molar-refractivity contribution in [2.24, 2.45) is 4.99 Å². The van der Waals surface area contributed by atoms with Crippen molar-refractivity contribution < 1.29 is 4.79 Å². The number of nitrogens with zero attached hydrogens (tertiary/aromatic N) is 3. The standard InChI is InChI=1S/C25H30ClN5O/c1-5-19-11-7-10-14-23(19)28-25(29-24(32)21-12-8-9-13-22(21)26)27-16-15-20-17(3)30-31(6-2)18(20)4/h7-14H,5-6,15-16H2,1-4H3,(H2,27,28,29,32). The Hall–Kier alpha value is -3.12. The molecule has 0 fully saturated rings. The lowest BCUT2D eigenvalue weighted by Gasteiger charge is -2.15. The van der Waals surface area contributed by atoms with Crippen LogP contribution in [0.2, 0.25) is 5.02 Å². The minimum atomic E-state index is -0.304. The molecule has 32 heavy (non-hydrogen) atoms. The number of aromatic nitrogens is 2. The van der Waals surface area contributed by atoms with E-state index in [9.17, 15) is 4.79 Å². The first-order valence-corrected chi connectivity index (χ1v) is 11.3. The summed E-state index contributed by atoms with van der Waals surface area (Å²) in [6.45, 7) is 9.63. The fourth-order valence-corrected chi connectivity index (χ4v) is 3.91. The van der Waals surface area contributed by atoms with Gasteiger partial charge in [-0.1, -0.05) is 48.9 Å². The van der Waals surface area contributed by atoms with Crippen LogP contribution in [0.1, 0.15) is 46.7 Å². The quantitative estimate of drug-likeness (QED) is 0.384. The summed E-state index contributed by atoms with van der Waals surface area (Å²) in [5.41, 5.74) is 5.84. The van der Waals surface area contributed by atoms with Crippen molar-refractivity contribution in [3.63, 3.8) is 0 Å². The zero-order valence-electron chi connectivity index (χ0n) is 19.1. The van der Waals surface area contributed by atoms with Crippen LogP contribution in [0.25, 0.3) is 0 Å². The van der Waals surface area contributed by atoms with Gasteiger partial charge in [0.15, 0.2) is 0 Å². The molecule has 0 radical (unpaired) electrons. The molecule has 2 N–H and O–H groups in total. The molecular formula is C25H30ClN5O. The molecule has 0 aliphatic carbocycles. The SMILES string of the molecule is CCc1ccccc1NC(=NCCc1c(C)nn(CC)c1C)NC(=O)c1ccccc1Cl. The second-order valence-electron chi connectivity index (χ2n) is 7.52. The Morgan fingerprint density at radius 3 is 2.50 bits per heavy atom. The molecule has 6 nitrogen and oxygen atoms in total. The molecule has 0 atom stereocenters. The number of aryl methyl sites for hydroxylation is 3. The van der Waals surface area contributed by atoms with E-state index in [0.717, 1.165) is 42.0 Å². The Bertz CT molecular complexity index is 1120. The number of amides is 1. The number of hydrogen-bond acceptors (Lipinski definition) is 3. The molecule has 0 bridgehead atoms. The van der Waals surface area contributed by atoms with Crippen LogP contribution < -0.4 is 10.6 Å². The Morgan fingerprint density at radius 2 is 1.81 bits per heavy atom. The van der Waals surface area contributed by atoms with E-state index < -0.39 is 0 Å². The lowest BCUT2D eigenvalue weighted by Crippen LogP contribution is -2.36. The monoisotopic (exact) mass is 451 g/mol. The zero-order chi connectivity index (χ0) is 23.1. The van der Waals surface area contributed by atoms with E-state index in [0.29, 0.717) is 23.1 Å². The molecule has 3 aromatic rings. The highest BCUT2D eigenvalue weighted by atomic mass is 35.5. The number of carbonyl (C=O) groups is 1. The van der Waals surface area contributed by atoms with Gasteiger partial charge in [0.25, 0.3) is 5.91 Å². The van der Waals surface area contributed by atoms with Gasteiger partial charge < -0.3 is 5.32 Å². The number of anilines is 1. The highest BCUT2D eigenvalue weighted by Gasteiger charge is 2.14. The minimum Gasteiger partial charge on any atom is -0.326 e. The van der Waals surface area contributed by atoms with Crippen LogP contribution >= 0.6 is 11.6 Å². The van der Waals surface area contributed by atoms with Gasteiger partial charge in [-0.3, -0.25) is 19.8 Å². The summed E-state index contributed by atoms with van der Waals surface area (Å²) in [4.78, 5) is 17.6. The lowest BCUT2D eigenvalue weighted by atomic mass is 10.1. The summed E-state index contributed by atoms with van der Waals surface area (Å²) in [7, 11) is 0. The molecule has 168 valence electrons. The number of rotatable bonds is 7. The van der Waals surface area contributed by atoms with E-state index in [4.69, 9.17) is 16.6 Å². The van der Waals surface area contributed by atoms with Gasteiger partial charge in [-0.15, -0.1) is 0 Å². The van der Waals surface area contributed by atoms with Gasteiger partial charge in [-0.05, 0) is 62.9 Å². The van der Waals surface area contributed by atoms with E-state index >= 15 is 0 Å². The normalized spacial score (nSPS) is 11.5. The molecule has 1 amide bonds. The molecular weight excluding hydrogens is 422 g/mol. The molecule has 0 saturated heterocycles. The third-order valence-corrected chi connectivity index (χ3v) is 5.79. The van der Waals surface area contributed by atoms with Crippen LogP contribution in [0.15, 0.2) is 53.5 Å². The number of aliphatic imine (C=N–C) groups is 1. The number of halogens is 1. The second kappa shape index (κ2) is 11.0. The van der Waals surface area contributed by atoms with Crippen molar-refractivity contribution in [1.29, 1.82) is 0 Å². The molecule has 7 heteroatoms. The Balaban J connectivity index is 1.83. The van der Waals surface area contributed by atoms with Crippen LogP contribution in [0.3, 0.4) is 0 Å². The van der Waals surface area contributed by atoms with Crippen LogP contribution in [0.5, 0.6) is 0 Å². The number of nitrogens with one attached hydrogen (secondary N) is 2. The van der Waals surface area contributed by atoms with Crippen molar-refractivity contribution >= 4 is 29.2 Å². The van der Waals surface area contributed by atoms with Crippen LogP contribution in [-0.2, 0) is 19.4 Å². The van der Waals surface area contributed by atoms with Gasteiger partial charge in [0, 0.05) is 24.5 Å². The molecule has 0 aliphatic rings. The Labute approximate surface area is 194 Å². The largest absolute Gasteiger partial charge is 0.326 e. The van der Waals surface area contributed by atoms with E-state index in [2.05, 4.69) is 42.6 Å². The van der Waals surface area contributed by atoms with E-state index in [1.807, 2.05) is 29.8 Å². The average Bonchev–Trinajstić information content (AvgIpc) is 3.07. The number of para-hydroxylation sites is 1. The summed E-state index contributed by atoms with van der Waals surface area (Å²) in [6.07, 6.45) is 1.60. The van der Waals surface area contributed by atoms with Gasteiger partial charge in [0.1, 0.15) is 0 Å². The zero-order valence-corrected chi connectivity index (χ0v) is 19.8. The van der Waals surface area contributed by atoms with Gasteiger partial charge in [0.05, 0.1) is 16.3 Å². The van der Waals surface area contributed by atoms with Crippen molar-refractivity contribution in [2.45, 2.75) is 47.1 Å². The maximum Gasteiger partial charge on any atom is 0.259 e. The van der Waals surface area contributed by atoms with Crippen molar-refractivity contribution in [1.82, 2.24) is 15.1 Å². The highest BCUT2D eigenvalue weighted by Crippen LogP contribution is 2.17. The fraction of sp³-hybridized carbons (Fsp3) is 0.320. The first-order chi connectivity index (χ1) is 15.4. The van der Waals surface area contributed by atoms with Crippen LogP contribution in [0, 0.1) is 13.8 Å². The van der Waals surface area contributed by atoms with Crippen LogP contribution in [0.4, 0.5) is 5.69 Å². The number of guanidine groups is 1. The van der Waals surface area contributed by atoms with E-state index in [1.165, 1.54) is 5.56 Å². The Morgan fingerprint density at radius 1 is 1.09 bits per heavy atom. The molecule has 0 saturated carbocycles. The molecule has 1 aromatic heterocycles. The van der Waals surface area contributed by atoms with Crippen molar-refractivity contribution in [2.75, 3.05) is 11.9 Å². The maximum absolute atomic E-state index is 12.9. The highest BCUT2D eigenvalue weighted by molar-refractivity contribution is 6.34. The van der Waals surface area contributed by atoms with Crippen molar-refractivity contribution in [3.8, 4) is 0 Å². The summed E-state index contributed by atoms with van der Waals surface area (Å²) in [5.74, 6) is 0.0935. The summed E-state index contributed by atoms with van der Waals surface area (Å²) >= 11 is 6.22. The third kappa shape index (κ3) is 5.56. The number of benzene rings is 2. The van der Waals surface area contributed by atoms with Crippen molar-refractivity contribution in [3.05, 3.63) is 81.6 Å². The van der Waals surface area contributed by atoms with E-state index in [-0.39, 0.29) is 5.91 Å². The molecule has 3 rings (SSSR count). The van der Waals surface area contributed by atoms with Gasteiger partial charge in [-0.2, -0.15) is 5.10 Å². The summed E-state index contributed by atoms with van der Waals surface area (Å²) < 4.78 is 2.00. The van der Waals surface area contributed by atoms with Gasteiger partial charge in [-0.25, -0.2) is 0 Å². The van der Waals surface area contributed by atoms with Gasteiger partial charge in [0.2, 0.25) is 5.96 Å². The fourth-order valence-electron chi connectivity index (χ4n) is 3.69. The predicted molar refractivity (Wildman–Crippen MR) is 132 cm³/mol. The summed E-state index contributed by atoms with van der Waals surface area (Å²) in [5, 5.41) is 11.2. The minimum absolute atomic E-state index is 0.304. The topological polar surface area (TPSA) is 71.3 Å². The number of hydrogen-bond donors (Lipinski definition) is 2. The maximum atomic E-state index is 12.9. The molecule has 0 spiro atoms. The molecule has 2 aromatic carbocycles. The lowest BCUT2D eigenvalue weighted by molar-refractivity contribution is 0.0977. The third-order valence-electron chi connectivity index (χ3n) is 5.46. The van der Waals surface area contributed by atoms with Crippen LogP contribution in [-0.4, -0.2) is 28.2 Å². The average molecular weight is 452 g/mol. The predicted octanol–water partition coefficient (Wildman–Crippen LogP) is 5.18. The van der Waals surface area contributed by atoms with Gasteiger partial charge >= 0.3 is 0 Å². The molecule has 0 aliphatic heterocycles. The first-order valence-electron chi connectivity index (χ1n) is 10.9. The number of carbonyl (C=O) groups excluding carboxylic acids is 1. The van der Waals surface area contributed by atoms with E-state index in [1.54, 1.807) is 24.3 Å². The molecule has 1 heterocycles.